The third-order valence-electron chi connectivity index (χ3n) is 6.58. The second kappa shape index (κ2) is 9.83. The summed E-state index contributed by atoms with van der Waals surface area (Å²) in [5.74, 6) is 0.104. The Morgan fingerprint density at radius 2 is 1.94 bits per heavy atom. The van der Waals surface area contributed by atoms with Gasteiger partial charge in [0.15, 0.2) is 5.78 Å². The first kappa shape index (κ1) is 24.1. The Morgan fingerprint density at radius 1 is 1.14 bits per heavy atom. The fraction of sp³-hybridized carbons (Fsp3) is 0.259. The smallest absolute Gasteiger partial charge is 0.277 e. The van der Waals surface area contributed by atoms with Crippen LogP contribution in [0.4, 0.5) is 10.2 Å². The normalized spacial score (nSPS) is 16.4. The predicted molar refractivity (Wildman–Crippen MR) is 136 cm³/mol. The highest BCUT2D eigenvalue weighted by Crippen LogP contribution is 2.31. The van der Waals surface area contributed by atoms with Crippen molar-refractivity contribution < 1.29 is 22.0 Å². The number of pyridine rings is 1. The number of rotatable bonds is 8. The van der Waals surface area contributed by atoms with Crippen LogP contribution in [0.5, 0.6) is 0 Å². The van der Waals surface area contributed by atoms with Crippen LogP contribution in [-0.2, 0) is 21.2 Å². The zero-order valence-electron chi connectivity index (χ0n) is 19.8. The van der Waals surface area contributed by atoms with Crippen LogP contribution in [0.15, 0.2) is 76.4 Å². The molecule has 2 aromatic carbocycles. The largest absolute Gasteiger partial charge is 0.443 e. The molecular formula is C27H26FN3O4S. The van der Waals surface area contributed by atoms with E-state index in [1.54, 1.807) is 49.6 Å². The summed E-state index contributed by atoms with van der Waals surface area (Å²) in [4.78, 5) is 17.4. The third-order valence-corrected chi connectivity index (χ3v) is 8.34. The predicted octanol–water partition coefficient (Wildman–Crippen LogP) is 5.03. The van der Waals surface area contributed by atoms with Crippen molar-refractivity contribution in [2.24, 2.45) is 0 Å². The van der Waals surface area contributed by atoms with Gasteiger partial charge in [0, 0.05) is 43.2 Å². The molecule has 36 heavy (non-hydrogen) atoms. The number of hydrogen-bond acceptors (Lipinski definition) is 6. The molecule has 1 aliphatic rings. The molecule has 1 saturated heterocycles. The second-order valence-electron chi connectivity index (χ2n) is 8.83. The van der Waals surface area contributed by atoms with E-state index in [1.807, 2.05) is 12.1 Å². The highest BCUT2D eigenvalue weighted by atomic mass is 32.2. The van der Waals surface area contributed by atoms with Crippen molar-refractivity contribution >= 4 is 32.6 Å². The number of furan rings is 1. The molecule has 3 heterocycles. The van der Waals surface area contributed by atoms with Crippen LogP contribution in [-0.4, -0.2) is 43.1 Å². The molecule has 1 fully saturated rings. The second-order valence-corrected chi connectivity index (χ2v) is 10.7. The molecule has 0 radical (unpaired) electrons. The van der Waals surface area contributed by atoms with Gasteiger partial charge in [-0.2, -0.15) is 4.31 Å². The van der Waals surface area contributed by atoms with Crippen LogP contribution < -0.4 is 5.32 Å². The maximum absolute atomic E-state index is 14.6. The van der Waals surface area contributed by atoms with Gasteiger partial charge < -0.3 is 9.73 Å². The molecule has 0 amide bonds. The molecule has 2 aromatic heterocycles. The minimum Gasteiger partial charge on any atom is -0.443 e. The van der Waals surface area contributed by atoms with Crippen LogP contribution in [0.2, 0.25) is 0 Å². The standard InChI is InChI=1S/C27H26FN3O4S/c1-29-26-13-10-21(17-30-26)18-8-11-22(28)19(15-18)9-12-24(32)23-6-4-14-31(23)36(33,34)27-16-20-5-2-3-7-25(20)35-27/h2-3,5,7-8,10-11,13,15-17,23H,4,6,9,12,14H2,1H3,(H,29,30)/t23-/m0/s1. The fourth-order valence-corrected chi connectivity index (χ4v) is 6.26. The van der Waals surface area contributed by atoms with E-state index >= 15 is 0 Å². The van der Waals surface area contributed by atoms with Crippen LogP contribution in [0.3, 0.4) is 0 Å². The van der Waals surface area contributed by atoms with Crippen LogP contribution in [0.1, 0.15) is 24.8 Å². The Morgan fingerprint density at radius 3 is 2.69 bits per heavy atom. The molecule has 186 valence electrons. The van der Waals surface area contributed by atoms with Crippen molar-refractivity contribution in [3.8, 4) is 11.1 Å². The molecule has 0 unspecified atom stereocenters. The van der Waals surface area contributed by atoms with Gasteiger partial charge in [0.05, 0.1) is 6.04 Å². The lowest BCUT2D eigenvalue weighted by molar-refractivity contribution is -0.122. The van der Waals surface area contributed by atoms with Crippen molar-refractivity contribution in [2.75, 3.05) is 18.9 Å². The van der Waals surface area contributed by atoms with E-state index < -0.39 is 21.9 Å². The summed E-state index contributed by atoms with van der Waals surface area (Å²) in [6.07, 6.45) is 2.93. The van der Waals surface area contributed by atoms with E-state index in [-0.39, 0.29) is 30.3 Å². The summed E-state index contributed by atoms with van der Waals surface area (Å²) in [5.41, 5.74) is 2.51. The van der Waals surface area contributed by atoms with E-state index in [4.69, 9.17) is 4.42 Å². The first-order valence-corrected chi connectivity index (χ1v) is 13.3. The summed E-state index contributed by atoms with van der Waals surface area (Å²) in [6.45, 7) is 0.245. The van der Waals surface area contributed by atoms with Gasteiger partial charge in [0.2, 0.25) is 5.09 Å². The number of sulfonamides is 1. The number of nitrogens with zero attached hydrogens (tertiary/aromatic N) is 2. The fourth-order valence-electron chi connectivity index (χ4n) is 4.63. The Kier molecular flexibility index (Phi) is 6.59. The van der Waals surface area contributed by atoms with Crippen molar-refractivity contribution in [3.63, 3.8) is 0 Å². The Labute approximate surface area is 209 Å². The topological polar surface area (TPSA) is 92.5 Å². The minimum absolute atomic E-state index is 0.0358. The molecule has 1 aliphatic heterocycles. The molecule has 1 atom stereocenters. The summed E-state index contributed by atoms with van der Waals surface area (Å²) in [6, 6.07) is 16.3. The van der Waals surface area contributed by atoms with Crippen molar-refractivity contribution in [1.29, 1.82) is 0 Å². The summed E-state index contributed by atoms with van der Waals surface area (Å²) < 4.78 is 48.0. The molecule has 0 spiro atoms. The number of carbonyl (C=O) groups excluding carboxylic acids is 1. The first-order chi connectivity index (χ1) is 17.4. The molecule has 9 heteroatoms. The summed E-state index contributed by atoms with van der Waals surface area (Å²) in [5, 5.41) is 3.47. The van der Waals surface area contributed by atoms with Gasteiger partial charge in [0.25, 0.3) is 10.0 Å². The Hall–Kier alpha value is -3.56. The Balaban J connectivity index is 1.31. The monoisotopic (exact) mass is 507 g/mol. The lowest BCUT2D eigenvalue weighted by Gasteiger charge is -2.22. The van der Waals surface area contributed by atoms with E-state index in [0.717, 1.165) is 16.9 Å². The number of ketones is 1. The van der Waals surface area contributed by atoms with Gasteiger partial charge in [-0.15, -0.1) is 0 Å². The van der Waals surface area contributed by atoms with E-state index in [2.05, 4.69) is 10.3 Å². The average Bonchev–Trinajstić information content (AvgIpc) is 3.57. The number of nitrogens with one attached hydrogen (secondary N) is 1. The number of para-hydroxylation sites is 1. The minimum atomic E-state index is -3.97. The molecule has 0 aliphatic carbocycles. The molecule has 7 nitrogen and oxygen atoms in total. The van der Waals surface area contributed by atoms with Crippen molar-refractivity contribution in [2.45, 2.75) is 36.8 Å². The van der Waals surface area contributed by atoms with Gasteiger partial charge in [-0.1, -0.05) is 24.3 Å². The van der Waals surface area contributed by atoms with Gasteiger partial charge >= 0.3 is 0 Å². The highest BCUT2D eigenvalue weighted by Gasteiger charge is 2.40. The van der Waals surface area contributed by atoms with Gasteiger partial charge in [0.1, 0.15) is 17.2 Å². The van der Waals surface area contributed by atoms with E-state index in [0.29, 0.717) is 29.4 Å². The van der Waals surface area contributed by atoms with Gasteiger partial charge in [-0.25, -0.2) is 17.8 Å². The zero-order chi connectivity index (χ0) is 25.3. The lowest BCUT2D eigenvalue weighted by atomic mass is 9.98. The van der Waals surface area contributed by atoms with Crippen molar-refractivity contribution in [3.05, 3.63) is 78.2 Å². The SMILES string of the molecule is CNc1ccc(-c2ccc(F)c(CCC(=O)[C@@H]3CCCN3S(=O)(=O)c3cc4ccccc4o3)c2)cn1. The molecule has 4 aromatic rings. The molecular weight excluding hydrogens is 481 g/mol. The van der Waals surface area contributed by atoms with Gasteiger partial charge in [-0.05, 0) is 60.7 Å². The summed E-state index contributed by atoms with van der Waals surface area (Å²) >= 11 is 0. The number of hydrogen-bond donors (Lipinski definition) is 1. The number of carbonyl (C=O) groups is 1. The first-order valence-electron chi connectivity index (χ1n) is 11.8. The molecule has 0 bridgehead atoms. The highest BCUT2D eigenvalue weighted by molar-refractivity contribution is 7.89. The van der Waals surface area contributed by atoms with Crippen molar-refractivity contribution in [1.82, 2.24) is 9.29 Å². The zero-order valence-corrected chi connectivity index (χ0v) is 20.6. The quantitative estimate of drug-likeness (QED) is 0.360. The van der Waals surface area contributed by atoms with Crippen LogP contribution >= 0.6 is 0 Å². The number of aromatic nitrogens is 1. The van der Waals surface area contributed by atoms with E-state index in [1.165, 1.54) is 16.4 Å². The summed E-state index contributed by atoms with van der Waals surface area (Å²) in [7, 11) is -2.19. The number of benzene rings is 2. The average molecular weight is 508 g/mol. The van der Waals surface area contributed by atoms with Crippen LogP contribution in [0, 0.1) is 5.82 Å². The molecule has 5 rings (SSSR count). The lowest BCUT2D eigenvalue weighted by Crippen LogP contribution is -2.40. The Bertz CT molecular complexity index is 1480. The van der Waals surface area contributed by atoms with Gasteiger partial charge in [-0.3, -0.25) is 4.79 Å². The maximum atomic E-state index is 14.6. The number of anilines is 1. The number of fused-ring (bicyclic) bond motifs is 1. The van der Waals surface area contributed by atoms with Crippen LogP contribution in [0.25, 0.3) is 22.1 Å². The molecule has 1 N–H and O–H groups in total. The van der Waals surface area contributed by atoms with E-state index in [9.17, 15) is 17.6 Å². The number of halogens is 1. The number of Topliss-reactive ketones (excluding diaryl/α,β-unsaturated/α-hetero) is 1. The third kappa shape index (κ3) is 4.64. The molecule has 0 saturated carbocycles. The number of aryl methyl sites for hydroxylation is 1. The maximum Gasteiger partial charge on any atom is 0.277 e.